The maximum Gasteiger partial charge on any atom is 0.118 e. The van der Waals surface area contributed by atoms with Crippen molar-refractivity contribution in [3.63, 3.8) is 0 Å². The lowest BCUT2D eigenvalue weighted by molar-refractivity contribution is 0.321. The molecule has 3 nitrogen and oxygen atoms in total. The smallest absolute Gasteiger partial charge is 0.118 e. The molecule has 0 bridgehead atoms. The summed E-state index contributed by atoms with van der Waals surface area (Å²) in [7, 11) is 1.64. The maximum atomic E-state index is 8.15. The van der Waals surface area contributed by atoms with Crippen molar-refractivity contribution in [2.45, 2.75) is 6.42 Å². The zero-order chi connectivity index (χ0) is 10.2. The van der Waals surface area contributed by atoms with Crippen LogP contribution in [0.5, 0.6) is 5.75 Å². The van der Waals surface area contributed by atoms with E-state index in [-0.39, 0.29) is 0 Å². The molecule has 0 radical (unpaired) electrons. The van der Waals surface area contributed by atoms with Gasteiger partial charge in [-0.05, 0) is 17.7 Å². The van der Waals surface area contributed by atoms with Gasteiger partial charge >= 0.3 is 0 Å². The monoisotopic (exact) mass is 191 g/mol. The molecule has 1 aromatic carbocycles. The van der Waals surface area contributed by atoms with E-state index in [1.807, 2.05) is 36.4 Å². The molecule has 14 heavy (non-hydrogen) atoms. The third-order valence-electron chi connectivity index (χ3n) is 1.75. The van der Waals surface area contributed by atoms with E-state index in [0.29, 0.717) is 6.42 Å². The molecule has 0 aliphatic rings. The summed E-state index contributed by atoms with van der Waals surface area (Å²) in [4.78, 5) is 0. The average Bonchev–Trinajstić information content (AvgIpc) is 2.25. The van der Waals surface area contributed by atoms with Gasteiger partial charge in [-0.1, -0.05) is 24.3 Å². The Balaban J connectivity index is 2.55. The molecule has 0 saturated carbocycles. The van der Waals surface area contributed by atoms with E-state index in [1.54, 1.807) is 7.11 Å². The summed E-state index contributed by atoms with van der Waals surface area (Å²) < 4.78 is 5.03. The molecule has 3 heteroatoms. The summed E-state index contributed by atoms with van der Waals surface area (Å²) >= 11 is 0. The fraction of sp³-hybridized carbons (Fsp3) is 0.182. The van der Waals surface area contributed by atoms with Crippen molar-refractivity contribution >= 4 is 12.3 Å². The highest BCUT2D eigenvalue weighted by Crippen LogP contribution is 2.12. The summed E-state index contributed by atoms with van der Waals surface area (Å²) in [6.45, 7) is 0. The summed E-state index contributed by atoms with van der Waals surface area (Å²) in [5.74, 6) is 0.846. The van der Waals surface area contributed by atoms with Gasteiger partial charge in [0.25, 0.3) is 0 Å². The second-order valence-corrected chi connectivity index (χ2v) is 2.71. The number of methoxy groups -OCH3 is 1. The van der Waals surface area contributed by atoms with Crippen molar-refractivity contribution < 1.29 is 9.94 Å². The third-order valence-corrected chi connectivity index (χ3v) is 1.75. The van der Waals surface area contributed by atoms with Crippen LogP contribution in [0.3, 0.4) is 0 Å². The molecule has 0 amide bonds. The van der Waals surface area contributed by atoms with Crippen molar-refractivity contribution in [2.75, 3.05) is 7.11 Å². The molecule has 0 aliphatic heterocycles. The number of rotatable bonds is 4. The van der Waals surface area contributed by atoms with E-state index in [0.717, 1.165) is 11.3 Å². The van der Waals surface area contributed by atoms with Crippen LogP contribution >= 0.6 is 0 Å². The van der Waals surface area contributed by atoms with Gasteiger partial charge in [-0.3, -0.25) is 0 Å². The molecule has 0 fully saturated rings. The number of ether oxygens (including phenoxy) is 1. The molecule has 0 atom stereocenters. The molecular formula is C11H13NO2. The number of allylic oxidation sites excluding steroid dienone is 1. The average molecular weight is 191 g/mol. The van der Waals surface area contributed by atoms with Gasteiger partial charge in [0.05, 0.1) is 7.11 Å². The molecule has 1 aromatic rings. The van der Waals surface area contributed by atoms with Crippen LogP contribution in [0.25, 0.3) is 6.08 Å². The lowest BCUT2D eigenvalue weighted by Gasteiger charge is -1.98. The number of hydrogen-bond acceptors (Lipinski definition) is 3. The molecule has 0 aromatic heterocycles. The fourth-order valence-corrected chi connectivity index (χ4v) is 1.03. The van der Waals surface area contributed by atoms with Crippen LogP contribution in [-0.2, 0) is 0 Å². The zero-order valence-electron chi connectivity index (χ0n) is 8.05. The van der Waals surface area contributed by atoms with Crippen LogP contribution in [-0.4, -0.2) is 18.5 Å². The van der Waals surface area contributed by atoms with Gasteiger partial charge in [-0.15, -0.1) is 5.16 Å². The van der Waals surface area contributed by atoms with Gasteiger partial charge in [0, 0.05) is 12.6 Å². The van der Waals surface area contributed by atoms with Crippen LogP contribution < -0.4 is 4.74 Å². The standard InChI is InChI=1S/C11H13NO2/c1-14-11-7-5-10(6-8-11)4-2-3-9-12-13/h2,4-9,13H,3H2,1H3. The van der Waals surface area contributed by atoms with Crippen molar-refractivity contribution in [2.24, 2.45) is 5.16 Å². The van der Waals surface area contributed by atoms with Gasteiger partial charge in [-0.25, -0.2) is 0 Å². The number of hydrogen-bond donors (Lipinski definition) is 1. The van der Waals surface area contributed by atoms with Crippen molar-refractivity contribution in [1.82, 2.24) is 0 Å². The molecular weight excluding hydrogens is 178 g/mol. The van der Waals surface area contributed by atoms with E-state index in [4.69, 9.17) is 9.94 Å². The summed E-state index contributed by atoms with van der Waals surface area (Å²) in [6.07, 6.45) is 5.94. The van der Waals surface area contributed by atoms with Gasteiger partial charge in [0.2, 0.25) is 0 Å². The molecule has 0 unspecified atom stereocenters. The Kier molecular flexibility index (Phi) is 4.27. The van der Waals surface area contributed by atoms with Gasteiger partial charge < -0.3 is 9.94 Å². The Bertz CT molecular complexity index is 315. The molecule has 1 N–H and O–H groups in total. The van der Waals surface area contributed by atoms with Crippen LogP contribution in [0.2, 0.25) is 0 Å². The highest BCUT2D eigenvalue weighted by Gasteiger charge is 1.88. The van der Waals surface area contributed by atoms with E-state index in [2.05, 4.69) is 5.16 Å². The number of nitrogens with zero attached hydrogens (tertiary/aromatic N) is 1. The molecule has 0 spiro atoms. The minimum Gasteiger partial charge on any atom is -0.497 e. The zero-order valence-corrected chi connectivity index (χ0v) is 8.05. The van der Waals surface area contributed by atoms with Crippen molar-refractivity contribution in [3.8, 4) is 5.75 Å². The highest BCUT2D eigenvalue weighted by molar-refractivity contribution is 5.62. The maximum absolute atomic E-state index is 8.15. The second-order valence-electron chi connectivity index (χ2n) is 2.71. The Labute approximate surface area is 83.3 Å². The quantitative estimate of drug-likeness (QED) is 0.451. The van der Waals surface area contributed by atoms with E-state index < -0.39 is 0 Å². The Morgan fingerprint density at radius 3 is 2.64 bits per heavy atom. The lowest BCUT2D eigenvalue weighted by Crippen LogP contribution is -1.81. The van der Waals surface area contributed by atoms with Crippen LogP contribution in [0.1, 0.15) is 12.0 Å². The largest absolute Gasteiger partial charge is 0.497 e. The van der Waals surface area contributed by atoms with Gasteiger partial charge in [0.1, 0.15) is 5.75 Å². The SMILES string of the molecule is COc1ccc(C=CCC=NO)cc1. The van der Waals surface area contributed by atoms with Crippen LogP contribution in [0.4, 0.5) is 0 Å². The number of benzene rings is 1. The molecule has 0 aliphatic carbocycles. The van der Waals surface area contributed by atoms with Crippen LogP contribution in [0.15, 0.2) is 35.5 Å². The third kappa shape index (κ3) is 3.31. The lowest BCUT2D eigenvalue weighted by atomic mass is 10.2. The Hall–Kier alpha value is -1.77. The first-order valence-corrected chi connectivity index (χ1v) is 4.33. The Morgan fingerprint density at radius 2 is 2.07 bits per heavy atom. The first-order chi connectivity index (χ1) is 6.86. The van der Waals surface area contributed by atoms with E-state index >= 15 is 0 Å². The molecule has 74 valence electrons. The van der Waals surface area contributed by atoms with Gasteiger partial charge in [0.15, 0.2) is 0 Å². The van der Waals surface area contributed by atoms with Crippen LogP contribution in [0, 0.1) is 0 Å². The number of oxime groups is 1. The van der Waals surface area contributed by atoms with Crippen molar-refractivity contribution in [1.29, 1.82) is 0 Å². The highest BCUT2D eigenvalue weighted by atomic mass is 16.5. The minimum absolute atomic E-state index is 0.628. The predicted molar refractivity (Wildman–Crippen MR) is 56.9 cm³/mol. The fourth-order valence-electron chi connectivity index (χ4n) is 1.03. The first-order valence-electron chi connectivity index (χ1n) is 4.33. The van der Waals surface area contributed by atoms with E-state index in [9.17, 15) is 0 Å². The normalized spacial score (nSPS) is 11.2. The summed E-state index contributed by atoms with van der Waals surface area (Å²) in [5, 5.41) is 11.0. The summed E-state index contributed by atoms with van der Waals surface area (Å²) in [6, 6.07) is 7.73. The minimum atomic E-state index is 0.628. The van der Waals surface area contributed by atoms with E-state index in [1.165, 1.54) is 6.21 Å². The van der Waals surface area contributed by atoms with Crippen molar-refractivity contribution in [3.05, 3.63) is 35.9 Å². The topological polar surface area (TPSA) is 41.8 Å². The molecule has 0 heterocycles. The summed E-state index contributed by atoms with van der Waals surface area (Å²) in [5.41, 5.74) is 1.09. The predicted octanol–water partition coefficient (Wildman–Crippen LogP) is 2.56. The second kappa shape index (κ2) is 5.80. The first kappa shape index (κ1) is 10.3. The molecule has 0 saturated heterocycles. The Morgan fingerprint density at radius 1 is 1.36 bits per heavy atom. The van der Waals surface area contributed by atoms with Gasteiger partial charge in [-0.2, -0.15) is 0 Å². The molecule has 1 rings (SSSR count).